The van der Waals surface area contributed by atoms with Crippen LogP contribution in [-0.2, 0) is 4.74 Å². The van der Waals surface area contributed by atoms with Gasteiger partial charge in [0.2, 0.25) is 5.11 Å². The van der Waals surface area contributed by atoms with Crippen LogP contribution in [0.5, 0.6) is 0 Å². The van der Waals surface area contributed by atoms with Crippen molar-refractivity contribution in [1.29, 1.82) is 0 Å². The Kier molecular flexibility index (Phi) is 7.32. The number of amides is 3. The second-order valence-electron chi connectivity index (χ2n) is 3.62. The quantitative estimate of drug-likeness (QED) is 0.336. The Morgan fingerprint density at radius 3 is 2.00 bits per heavy atom. The molecule has 0 heterocycles. The van der Waals surface area contributed by atoms with Gasteiger partial charge in [-0.3, -0.25) is 0 Å². The Morgan fingerprint density at radius 1 is 1.26 bits per heavy atom. The molecule has 6 nitrogen and oxygen atoms in total. The number of carbonyl (C=O) groups excluding carboxylic acids is 2. The minimum Gasteiger partial charge on any atom is -0.452 e. The zero-order valence-corrected chi connectivity index (χ0v) is 13.1. The first kappa shape index (κ1) is 18.1. The maximum Gasteiger partial charge on any atom is 0.417 e. The van der Waals surface area contributed by atoms with Crippen LogP contribution in [0.4, 0.5) is 14.1 Å². The number of rotatable bonds is 2. The number of methoxy groups -OCH3 is 1. The van der Waals surface area contributed by atoms with Crippen LogP contribution in [0.2, 0.25) is 0 Å². The van der Waals surface area contributed by atoms with E-state index in [1.807, 2.05) is 0 Å². The molecule has 0 aliphatic heterocycles. The highest BCUT2D eigenvalue weighted by atomic mass is 35.5. The van der Waals surface area contributed by atoms with Gasteiger partial charge in [-0.2, -0.15) is 5.12 Å². The lowest BCUT2D eigenvalue weighted by Gasteiger charge is -2.32. The summed E-state index contributed by atoms with van der Waals surface area (Å²) in [7, 11) is 2.07. The van der Waals surface area contributed by atoms with Crippen molar-refractivity contribution in [2.75, 3.05) is 14.2 Å². The average molecular weight is 334 g/mol. The first-order valence-corrected chi connectivity index (χ1v) is 6.35. The number of halogens is 3. The van der Waals surface area contributed by atoms with Gasteiger partial charge in [0.15, 0.2) is 4.96 Å². The minimum absolute atomic E-state index is 0.0131. The normalized spacial score (nSPS) is 10.4. The van der Waals surface area contributed by atoms with Gasteiger partial charge in [0.1, 0.15) is 0 Å². The van der Waals surface area contributed by atoms with Crippen molar-refractivity contribution in [1.82, 2.24) is 14.9 Å². The standard InChI is InChI=1S/C9H14Cl2FN3O3S/c1-5(2)14(9(17)18-4)7(16)15(6(10)11)8(19)13(3)12/h5-6H,1-4H3. The predicted octanol–water partition coefficient (Wildman–Crippen LogP) is 2.75. The molecule has 0 aromatic heterocycles. The number of nitrogens with zero attached hydrogens (tertiary/aromatic N) is 3. The number of thiocarbonyl (C=S) groups is 1. The Hall–Kier alpha value is -0.860. The first-order chi connectivity index (χ1) is 8.64. The molecule has 0 fully saturated rings. The van der Waals surface area contributed by atoms with Crippen molar-refractivity contribution in [3.8, 4) is 0 Å². The van der Waals surface area contributed by atoms with Crippen LogP contribution in [0.15, 0.2) is 0 Å². The highest BCUT2D eigenvalue weighted by Crippen LogP contribution is 2.17. The van der Waals surface area contributed by atoms with Crippen LogP contribution in [0.1, 0.15) is 13.8 Å². The summed E-state index contributed by atoms with van der Waals surface area (Å²) in [4.78, 5) is 23.5. The molecule has 0 aliphatic carbocycles. The fourth-order valence-electron chi connectivity index (χ4n) is 1.12. The van der Waals surface area contributed by atoms with E-state index in [1.54, 1.807) is 13.8 Å². The number of hydrogen-bond donors (Lipinski definition) is 0. The third-order valence-corrected chi connectivity index (χ3v) is 2.80. The van der Waals surface area contributed by atoms with Crippen LogP contribution in [-0.4, -0.2) is 57.3 Å². The van der Waals surface area contributed by atoms with Crippen LogP contribution < -0.4 is 0 Å². The maximum absolute atomic E-state index is 13.1. The van der Waals surface area contributed by atoms with Crippen LogP contribution in [0, 0.1) is 0 Å². The summed E-state index contributed by atoms with van der Waals surface area (Å²) in [6.07, 6.45) is -0.928. The second kappa shape index (κ2) is 7.66. The van der Waals surface area contributed by atoms with E-state index in [1.165, 1.54) is 0 Å². The summed E-state index contributed by atoms with van der Waals surface area (Å²) >= 11 is 15.9. The molecule has 110 valence electrons. The summed E-state index contributed by atoms with van der Waals surface area (Å²) in [5.41, 5.74) is 0. The monoisotopic (exact) mass is 333 g/mol. The summed E-state index contributed by atoms with van der Waals surface area (Å²) in [5, 5.41) is -0.588. The molecular formula is C9H14Cl2FN3O3S. The molecule has 0 saturated carbocycles. The number of imide groups is 1. The lowest BCUT2D eigenvalue weighted by atomic mass is 10.3. The van der Waals surface area contributed by atoms with Crippen LogP contribution in [0.25, 0.3) is 0 Å². The van der Waals surface area contributed by atoms with E-state index in [-0.39, 0.29) is 5.12 Å². The number of alkyl halides is 2. The molecule has 0 aromatic rings. The number of hydrogen-bond acceptors (Lipinski definition) is 4. The molecule has 0 rings (SSSR count). The molecule has 19 heavy (non-hydrogen) atoms. The van der Waals surface area contributed by atoms with Crippen molar-refractivity contribution in [2.45, 2.75) is 24.8 Å². The fraction of sp³-hybridized carbons (Fsp3) is 0.667. The maximum atomic E-state index is 13.1. The van der Waals surface area contributed by atoms with E-state index in [0.29, 0.717) is 9.80 Å². The molecule has 0 atom stereocenters. The van der Waals surface area contributed by atoms with Crippen molar-refractivity contribution in [3.05, 3.63) is 0 Å². The summed E-state index contributed by atoms with van der Waals surface area (Å²) in [6.45, 7) is 3.12. The van der Waals surface area contributed by atoms with Gasteiger partial charge in [0.05, 0.1) is 7.11 Å². The Balaban J connectivity index is 5.39. The van der Waals surface area contributed by atoms with Gasteiger partial charge >= 0.3 is 12.1 Å². The van der Waals surface area contributed by atoms with E-state index in [4.69, 9.17) is 23.2 Å². The zero-order chi connectivity index (χ0) is 15.3. The number of carbonyl (C=O) groups is 2. The van der Waals surface area contributed by atoms with E-state index < -0.39 is 28.2 Å². The molecule has 0 unspecified atom stereocenters. The van der Waals surface area contributed by atoms with Crippen LogP contribution in [0.3, 0.4) is 0 Å². The summed E-state index contributed by atoms with van der Waals surface area (Å²) in [5.74, 6) is 0. The Morgan fingerprint density at radius 2 is 1.74 bits per heavy atom. The first-order valence-electron chi connectivity index (χ1n) is 5.07. The Labute approximate surface area is 125 Å². The SMILES string of the molecule is COC(=O)N(C(=O)N(C(=S)N(C)F)C(Cl)Cl)C(C)C. The van der Waals surface area contributed by atoms with Crippen LogP contribution >= 0.6 is 35.4 Å². The number of urea groups is 1. The predicted molar refractivity (Wildman–Crippen MR) is 73.6 cm³/mol. The summed E-state index contributed by atoms with van der Waals surface area (Å²) < 4.78 is 17.5. The molecule has 0 aromatic carbocycles. The van der Waals surface area contributed by atoms with Crippen molar-refractivity contribution in [3.63, 3.8) is 0 Å². The lowest BCUT2D eigenvalue weighted by Crippen LogP contribution is -2.54. The topological polar surface area (TPSA) is 53.1 Å². The van der Waals surface area contributed by atoms with Crippen molar-refractivity contribution in [2.24, 2.45) is 0 Å². The van der Waals surface area contributed by atoms with Crippen molar-refractivity contribution < 1.29 is 18.8 Å². The third kappa shape index (κ3) is 4.63. The van der Waals surface area contributed by atoms with Gasteiger partial charge in [-0.25, -0.2) is 19.4 Å². The molecule has 0 N–H and O–H groups in total. The van der Waals surface area contributed by atoms with Gasteiger partial charge in [-0.15, -0.1) is 0 Å². The van der Waals surface area contributed by atoms with E-state index >= 15 is 0 Å². The highest BCUT2D eigenvalue weighted by Gasteiger charge is 2.36. The second-order valence-corrected chi connectivity index (χ2v) is 5.04. The Bertz CT molecular complexity index is 369. The largest absolute Gasteiger partial charge is 0.452 e. The molecule has 10 heteroatoms. The van der Waals surface area contributed by atoms with Gasteiger partial charge < -0.3 is 4.74 Å². The average Bonchev–Trinajstić information content (AvgIpc) is 2.27. The van der Waals surface area contributed by atoms with E-state index in [2.05, 4.69) is 17.0 Å². The van der Waals surface area contributed by atoms with Gasteiger partial charge in [-0.05, 0) is 26.1 Å². The van der Waals surface area contributed by atoms with Gasteiger partial charge in [0, 0.05) is 13.1 Å². The smallest absolute Gasteiger partial charge is 0.417 e. The molecule has 0 saturated heterocycles. The fourth-order valence-corrected chi connectivity index (χ4v) is 1.77. The summed E-state index contributed by atoms with van der Waals surface area (Å²) in [6, 6.07) is -1.53. The van der Waals surface area contributed by atoms with Crippen molar-refractivity contribution >= 4 is 52.7 Å². The minimum atomic E-state index is -1.45. The number of ether oxygens (including phenoxy) is 1. The molecule has 0 radical (unpaired) electrons. The molecule has 0 bridgehead atoms. The molecule has 3 amide bonds. The van der Waals surface area contributed by atoms with E-state index in [9.17, 15) is 14.1 Å². The molecular weight excluding hydrogens is 320 g/mol. The van der Waals surface area contributed by atoms with E-state index in [0.717, 1.165) is 14.2 Å². The molecule has 0 aliphatic rings. The van der Waals surface area contributed by atoms with Gasteiger partial charge in [-0.1, -0.05) is 27.7 Å². The third-order valence-electron chi connectivity index (χ3n) is 1.96. The lowest BCUT2D eigenvalue weighted by molar-refractivity contribution is 0.104. The zero-order valence-electron chi connectivity index (χ0n) is 10.8. The van der Waals surface area contributed by atoms with Gasteiger partial charge in [0.25, 0.3) is 0 Å². The highest BCUT2D eigenvalue weighted by molar-refractivity contribution is 7.80. The molecule has 0 spiro atoms.